The van der Waals surface area contributed by atoms with Crippen molar-refractivity contribution in [2.45, 2.75) is 70.0 Å². The standard InChI is InChI=1S/C35H36N6O4/c42-32-14-13-31(34(44)38-32)40-21-25-10-9-23(19-28(25)35(40)45)5-1-4-8-33(43)39-17-15-27(16-18-39)41-22-26(20-36-41)30-12-11-24-6-2-3-7-29(24)37-30/h2-3,6-7,9-12,19-20,22,27,31H,1,4-5,8,13-18,21H2,(H,38,42,44). The van der Waals surface area contributed by atoms with E-state index in [0.717, 1.165) is 78.5 Å². The van der Waals surface area contributed by atoms with Gasteiger partial charge in [0.15, 0.2) is 0 Å². The molecule has 5 heterocycles. The third-order valence-electron chi connectivity index (χ3n) is 9.39. The maximum Gasteiger partial charge on any atom is 0.255 e. The van der Waals surface area contributed by atoms with Crippen molar-refractivity contribution in [1.82, 2.24) is 29.9 Å². The van der Waals surface area contributed by atoms with Gasteiger partial charge in [0.2, 0.25) is 17.7 Å². The first-order valence-electron chi connectivity index (χ1n) is 15.9. The summed E-state index contributed by atoms with van der Waals surface area (Å²) in [5.41, 5.74) is 5.47. The van der Waals surface area contributed by atoms with Crippen LogP contribution in [0.4, 0.5) is 0 Å². The zero-order valence-electron chi connectivity index (χ0n) is 25.2. The smallest absolute Gasteiger partial charge is 0.255 e. The summed E-state index contributed by atoms with van der Waals surface area (Å²) in [4.78, 5) is 58.2. The van der Waals surface area contributed by atoms with Crippen LogP contribution < -0.4 is 5.32 Å². The molecule has 2 saturated heterocycles. The van der Waals surface area contributed by atoms with Crippen LogP contribution in [0.2, 0.25) is 0 Å². The van der Waals surface area contributed by atoms with Gasteiger partial charge in [0.25, 0.3) is 5.91 Å². The highest BCUT2D eigenvalue weighted by Crippen LogP contribution is 2.29. The van der Waals surface area contributed by atoms with Gasteiger partial charge in [-0.2, -0.15) is 5.10 Å². The monoisotopic (exact) mass is 604 g/mol. The lowest BCUT2D eigenvalue weighted by Gasteiger charge is -2.32. The minimum absolute atomic E-state index is 0.156. The Kier molecular flexibility index (Phi) is 7.87. The van der Waals surface area contributed by atoms with E-state index in [1.165, 1.54) is 0 Å². The molecule has 0 aliphatic carbocycles. The third kappa shape index (κ3) is 5.96. The van der Waals surface area contributed by atoms with Crippen molar-refractivity contribution in [1.29, 1.82) is 0 Å². The van der Waals surface area contributed by atoms with E-state index >= 15 is 0 Å². The predicted octanol–water partition coefficient (Wildman–Crippen LogP) is 4.44. The molecule has 10 heteroatoms. The molecule has 3 aliphatic heterocycles. The number of aromatic nitrogens is 3. The number of para-hydroxylation sites is 1. The van der Waals surface area contributed by atoms with Gasteiger partial charge in [-0.25, -0.2) is 4.98 Å². The molecule has 10 nitrogen and oxygen atoms in total. The third-order valence-corrected chi connectivity index (χ3v) is 9.39. The van der Waals surface area contributed by atoms with Crippen molar-refractivity contribution in [3.8, 4) is 11.3 Å². The largest absolute Gasteiger partial charge is 0.343 e. The van der Waals surface area contributed by atoms with E-state index in [0.29, 0.717) is 24.9 Å². The molecule has 0 bridgehead atoms. The van der Waals surface area contributed by atoms with Crippen LogP contribution in [0, 0.1) is 0 Å². The number of hydrogen-bond donors (Lipinski definition) is 1. The van der Waals surface area contributed by atoms with Crippen LogP contribution in [-0.4, -0.2) is 67.3 Å². The van der Waals surface area contributed by atoms with Gasteiger partial charge < -0.3 is 9.80 Å². The summed E-state index contributed by atoms with van der Waals surface area (Å²) in [6, 6.07) is 17.8. The van der Waals surface area contributed by atoms with E-state index in [1.807, 2.05) is 58.2 Å². The van der Waals surface area contributed by atoms with E-state index in [-0.39, 0.29) is 30.2 Å². The Morgan fingerprint density at radius 3 is 2.64 bits per heavy atom. The summed E-state index contributed by atoms with van der Waals surface area (Å²) < 4.78 is 2.03. The normalized spacial score (nSPS) is 18.8. The van der Waals surface area contributed by atoms with Gasteiger partial charge in [-0.3, -0.25) is 29.2 Å². The number of piperidine rings is 2. The SMILES string of the molecule is O=C1CCC(N2Cc3ccc(CCCCC(=O)N4CCC(n5cc(-c6ccc7ccccc7n6)cn5)CC4)cc3C2=O)C(=O)N1. The van der Waals surface area contributed by atoms with Gasteiger partial charge in [0.05, 0.1) is 23.4 Å². The summed E-state index contributed by atoms with van der Waals surface area (Å²) in [5, 5.41) is 8.10. The molecule has 45 heavy (non-hydrogen) atoms. The molecule has 230 valence electrons. The number of rotatable bonds is 8. The average Bonchev–Trinajstić information content (AvgIpc) is 3.68. The minimum atomic E-state index is -0.605. The molecule has 2 aromatic heterocycles. The number of nitrogens with one attached hydrogen (secondary N) is 1. The molecule has 4 amide bonds. The van der Waals surface area contributed by atoms with Gasteiger partial charge in [-0.1, -0.05) is 36.4 Å². The summed E-state index contributed by atoms with van der Waals surface area (Å²) in [5.74, 6) is -0.647. The Balaban J connectivity index is 0.862. The Morgan fingerprint density at radius 1 is 0.956 bits per heavy atom. The number of likely N-dealkylation sites (tertiary alicyclic amines) is 1. The minimum Gasteiger partial charge on any atom is -0.343 e. The van der Waals surface area contributed by atoms with Crippen molar-refractivity contribution in [3.63, 3.8) is 0 Å². The molecule has 1 unspecified atom stereocenters. The van der Waals surface area contributed by atoms with E-state index in [2.05, 4.69) is 28.7 Å². The lowest BCUT2D eigenvalue weighted by atomic mass is 10.0. The lowest BCUT2D eigenvalue weighted by Crippen LogP contribution is -2.52. The first-order valence-corrected chi connectivity index (χ1v) is 15.9. The summed E-state index contributed by atoms with van der Waals surface area (Å²) in [7, 11) is 0. The molecule has 1 atom stereocenters. The number of carbonyl (C=O) groups excluding carboxylic acids is 4. The van der Waals surface area contributed by atoms with Crippen LogP contribution in [0.15, 0.2) is 67.0 Å². The lowest BCUT2D eigenvalue weighted by molar-refractivity contribution is -0.137. The zero-order valence-corrected chi connectivity index (χ0v) is 25.2. The van der Waals surface area contributed by atoms with Crippen LogP contribution in [0.3, 0.4) is 0 Å². The van der Waals surface area contributed by atoms with Crippen molar-refractivity contribution in [3.05, 3.63) is 83.7 Å². The molecular formula is C35H36N6O4. The number of hydrogen-bond acceptors (Lipinski definition) is 6. The number of imide groups is 1. The number of carbonyl (C=O) groups is 4. The second-order valence-corrected chi connectivity index (χ2v) is 12.3. The number of unbranched alkanes of at least 4 members (excludes halogenated alkanes) is 1. The Morgan fingerprint density at radius 2 is 1.80 bits per heavy atom. The first kappa shape index (κ1) is 28.9. The first-order chi connectivity index (χ1) is 21.9. The van der Waals surface area contributed by atoms with Crippen molar-refractivity contribution >= 4 is 34.5 Å². The van der Waals surface area contributed by atoms with Crippen LogP contribution in [-0.2, 0) is 27.3 Å². The maximum atomic E-state index is 13.1. The molecule has 0 radical (unpaired) electrons. The fourth-order valence-corrected chi connectivity index (χ4v) is 6.80. The number of nitrogens with zero attached hydrogens (tertiary/aromatic N) is 5. The van der Waals surface area contributed by atoms with E-state index in [9.17, 15) is 19.2 Å². The number of pyridine rings is 1. The molecule has 1 N–H and O–H groups in total. The Bertz CT molecular complexity index is 1790. The van der Waals surface area contributed by atoms with E-state index in [1.54, 1.807) is 4.90 Å². The number of amides is 4. The molecule has 2 fully saturated rings. The topological polar surface area (TPSA) is 118 Å². The highest BCUT2D eigenvalue weighted by molar-refractivity contribution is 6.05. The fourth-order valence-electron chi connectivity index (χ4n) is 6.80. The molecule has 0 spiro atoms. The second kappa shape index (κ2) is 12.3. The van der Waals surface area contributed by atoms with E-state index in [4.69, 9.17) is 4.98 Å². The fraction of sp³-hybridized carbons (Fsp3) is 0.371. The molecule has 7 rings (SSSR count). The van der Waals surface area contributed by atoms with Crippen LogP contribution in [0.1, 0.15) is 72.5 Å². The summed E-state index contributed by atoms with van der Waals surface area (Å²) in [6.45, 7) is 1.84. The number of aryl methyl sites for hydroxylation is 1. The predicted molar refractivity (Wildman–Crippen MR) is 168 cm³/mol. The second-order valence-electron chi connectivity index (χ2n) is 12.3. The summed E-state index contributed by atoms with van der Waals surface area (Å²) in [6.07, 6.45) is 9.22. The van der Waals surface area contributed by atoms with Gasteiger partial charge in [0.1, 0.15) is 6.04 Å². The van der Waals surface area contributed by atoms with Crippen molar-refractivity contribution in [2.24, 2.45) is 0 Å². The van der Waals surface area contributed by atoms with Crippen LogP contribution in [0.25, 0.3) is 22.2 Å². The van der Waals surface area contributed by atoms with Gasteiger partial charge in [-0.15, -0.1) is 0 Å². The van der Waals surface area contributed by atoms with Crippen LogP contribution >= 0.6 is 0 Å². The van der Waals surface area contributed by atoms with Crippen molar-refractivity contribution in [2.75, 3.05) is 13.1 Å². The number of fused-ring (bicyclic) bond motifs is 2. The Labute approximate surface area is 261 Å². The number of benzene rings is 2. The Hall–Kier alpha value is -4.86. The molecule has 0 saturated carbocycles. The quantitative estimate of drug-likeness (QED) is 0.235. The summed E-state index contributed by atoms with van der Waals surface area (Å²) >= 11 is 0. The maximum absolute atomic E-state index is 13.1. The molecular weight excluding hydrogens is 568 g/mol. The van der Waals surface area contributed by atoms with E-state index < -0.39 is 11.9 Å². The van der Waals surface area contributed by atoms with Crippen molar-refractivity contribution < 1.29 is 19.2 Å². The molecule has 2 aromatic carbocycles. The van der Waals surface area contributed by atoms with Gasteiger partial charge in [-0.05, 0) is 67.9 Å². The zero-order chi connectivity index (χ0) is 30.9. The average molecular weight is 605 g/mol. The molecule has 4 aromatic rings. The van der Waals surface area contributed by atoms with Crippen LogP contribution in [0.5, 0.6) is 0 Å². The van der Waals surface area contributed by atoms with Gasteiger partial charge >= 0.3 is 0 Å². The van der Waals surface area contributed by atoms with Gasteiger partial charge in [0, 0.05) is 55.2 Å². The highest BCUT2D eigenvalue weighted by atomic mass is 16.2. The highest BCUT2D eigenvalue weighted by Gasteiger charge is 2.39. The molecule has 3 aliphatic rings.